The van der Waals surface area contributed by atoms with Crippen molar-refractivity contribution in [3.63, 3.8) is 0 Å². The molecule has 0 aliphatic carbocycles. The Morgan fingerprint density at radius 2 is 1.11 bits per heavy atom. The summed E-state index contributed by atoms with van der Waals surface area (Å²) in [6, 6.07) is 22.1. The summed E-state index contributed by atoms with van der Waals surface area (Å²) in [5, 5.41) is 9.88. The van der Waals surface area contributed by atoms with E-state index in [0.29, 0.717) is 77.5 Å². The molecule has 2 aliphatic rings. The van der Waals surface area contributed by atoms with E-state index in [1.54, 1.807) is 26.4 Å². The second-order valence-corrected chi connectivity index (χ2v) is 14.6. The minimum absolute atomic E-state index is 0.0309. The van der Waals surface area contributed by atoms with E-state index in [-0.39, 0.29) is 39.6 Å². The molecule has 2 aliphatic heterocycles. The summed E-state index contributed by atoms with van der Waals surface area (Å²) >= 11 is 0. The van der Waals surface area contributed by atoms with Gasteiger partial charge in [-0.2, -0.15) is 0 Å². The van der Waals surface area contributed by atoms with E-state index in [1.165, 1.54) is 62.0 Å². The standard InChI is InChI=1S/C24H20FN3O5.C23H18FN3O5/c1-30-15-5-7-20-19(11-15)28(8-3-9-32-20)22-12-16(24(29)31-2)17(13-26-22)23-27-18-6-4-14(25)10-21(18)33-23;1-30-14-4-6-19-18(10-14)27(7-2-8-31-19)21-11-15(23(28)29)16(12-25-21)22-26-17-5-3-13(24)9-20(17)32-22/h4-7,10-13H,3,8-9H2,1-2H3;3-6,9-12H,2,7-8H2,1H3,(H,28,29). The number of carbonyl (C=O) groups excluding carboxylic acids is 1. The first-order valence-corrected chi connectivity index (χ1v) is 20.2. The number of rotatable bonds is 8. The maximum atomic E-state index is 13.6. The van der Waals surface area contributed by atoms with Crippen molar-refractivity contribution in [3.05, 3.63) is 120 Å². The van der Waals surface area contributed by atoms with E-state index in [9.17, 15) is 23.5 Å². The highest BCUT2D eigenvalue weighted by Crippen LogP contribution is 2.41. The zero-order valence-electron chi connectivity index (χ0n) is 35.0. The molecule has 4 aromatic heterocycles. The quantitative estimate of drug-likeness (QED) is 0.142. The van der Waals surface area contributed by atoms with Gasteiger partial charge < -0.3 is 47.4 Å². The Hall–Kier alpha value is -8.28. The molecule has 0 amide bonds. The Morgan fingerprint density at radius 3 is 1.57 bits per heavy atom. The minimum Gasteiger partial charge on any atom is -0.497 e. The van der Waals surface area contributed by atoms with Crippen molar-refractivity contribution in [1.29, 1.82) is 0 Å². The largest absolute Gasteiger partial charge is 0.497 e. The third kappa shape index (κ3) is 8.48. The second-order valence-electron chi connectivity index (χ2n) is 14.6. The Bertz CT molecular complexity index is 3100. The predicted molar refractivity (Wildman–Crippen MR) is 233 cm³/mol. The highest BCUT2D eigenvalue weighted by molar-refractivity contribution is 5.98. The minimum atomic E-state index is -1.16. The number of nitrogens with zero attached hydrogens (tertiary/aromatic N) is 6. The van der Waals surface area contributed by atoms with Crippen LogP contribution in [-0.4, -0.2) is 84.6 Å². The number of hydrogen-bond donors (Lipinski definition) is 1. The van der Waals surface area contributed by atoms with Crippen LogP contribution in [0.1, 0.15) is 33.6 Å². The molecule has 65 heavy (non-hydrogen) atoms. The number of pyridine rings is 2. The molecule has 0 bridgehead atoms. The summed E-state index contributed by atoms with van der Waals surface area (Å²) in [4.78, 5) is 46.4. The van der Waals surface area contributed by atoms with E-state index in [2.05, 4.69) is 19.9 Å². The van der Waals surface area contributed by atoms with Crippen LogP contribution in [-0.2, 0) is 4.74 Å². The van der Waals surface area contributed by atoms with Gasteiger partial charge in [-0.1, -0.05) is 0 Å². The number of hydrogen-bond acceptors (Lipinski definition) is 15. The number of carboxylic acids is 1. The molecule has 0 saturated heterocycles. The van der Waals surface area contributed by atoms with Crippen LogP contribution in [0.15, 0.2) is 106 Å². The number of aromatic carboxylic acids is 1. The number of carbonyl (C=O) groups is 2. The summed E-state index contributed by atoms with van der Waals surface area (Å²) in [6.45, 7) is 2.28. The van der Waals surface area contributed by atoms with Crippen molar-refractivity contribution in [1.82, 2.24) is 19.9 Å². The van der Waals surface area contributed by atoms with Gasteiger partial charge in [0, 0.05) is 49.7 Å². The van der Waals surface area contributed by atoms with Crippen LogP contribution in [0.5, 0.6) is 23.0 Å². The second kappa shape index (κ2) is 17.8. The number of oxazole rings is 2. The van der Waals surface area contributed by atoms with Gasteiger partial charge in [0.2, 0.25) is 11.8 Å². The van der Waals surface area contributed by atoms with Gasteiger partial charge >= 0.3 is 11.9 Å². The van der Waals surface area contributed by atoms with Gasteiger partial charge in [-0.05, 0) is 73.5 Å². The number of halogens is 2. The summed E-state index contributed by atoms with van der Waals surface area (Å²) in [6.07, 6.45) is 4.39. The number of anilines is 4. The molecule has 18 heteroatoms. The molecular formula is C47H38F2N6O10. The van der Waals surface area contributed by atoms with Crippen LogP contribution in [0.25, 0.3) is 45.1 Å². The van der Waals surface area contributed by atoms with E-state index >= 15 is 0 Å². The Morgan fingerprint density at radius 1 is 0.631 bits per heavy atom. The maximum Gasteiger partial charge on any atom is 0.338 e. The Balaban J connectivity index is 0.000000164. The van der Waals surface area contributed by atoms with Crippen LogP contribution in [0.2, 0.25) is 0 Å². The van der Waals surface area contributed by atoms with Crippen molar-refractivity contribution in [3.8, 4) is 45.9 Å². The van der Waals surface area contributed by atoms with E-state index in [0.717, 1.165) is 24.2 Å². The molecule has 0 saturated carbocycles. The normalized spacial score (nSPS) is 13.3. The van der Waals surface area contributed by atoms with Crippen LogP contribution in [0.3, 0.4) is 0 Å². The lowest BCUT2D eigenvalue weighted by Crippen LogP contribution is -2.20. The average molecular weight is 885 g/mol. The first kappa shape index (κ1) is 42.0. The molecule has 0 spiro atoms. The topological polar surface area (TPSA) is 185 Å². The summed E-state index contributed by atoms with van der Waals surface area (Å²) < 4.78 is 65.8. The van der Waals surface area contributed by atoms with Crippen LogP contribution < -0.4 is 28.7 Å². The predicted octanol–water partition coefficient (Wildman–Crippen LogP) is 9.40. The molecule has 0 fully saturated rings. The van der Waals surface area contributed by atoms with Gasteiger partial charge in [0.1, 0.15) is 57.3 Å². The van der Waals surface area contributed by atoms with Gasteiger partial charge in [-0.3, -0.25) is 0 Å². The van der Waals surface area contributed by atoms with Crippen molar-refractivity contribution in [2.24, 2.45) is 0 Å². The van der Waals surface area contributed by atoms with Gasteiger partial charge in [-0.25, -0.2) is 38.3 Å². The molecular weight excluding hydrogens is 847 g/mol. The molecule has 330 valence electrons. The molecule has 16 nitrogen and oxygen atoms in total. The zero-order chi connectivity index (χ0) is 45.2. The lowest BCUT2D eigenvalue weighted by atomic mass is 10.1. The van der Waals surface area contributed by atoms with E-state index < -0.39 is 23.6 Å². The van der Waals surface area contributed by atoms with E-state index in [4.69, 9.17) is 32.5 Å². The van der Waals surface area contributed by atoms with E-state index in [1.807, 2.05) is 40.1 Å². The Kier molecular flexibility index (Phi) is 11.5. The molecule has 0 radical (unpaired) electrons. The molecule has 8 aromatic rings. The van der Waals surface area contributed by atoms with Crippen molar-refractivity contribution in [2.75, 3.05) is 57.4 Å². The van der Waals surface area contributed by atoms with Gasteiger partial charge in [0.15, 0.2) is 11.2 Å². The highest BCUT2D eigenvalue weighted by Gasteiger charge is 2.27. The number of benzene rings is 4. The van der Waals surface area contributed by atoms with Crippen molar-refractivity contribution in [2.45, 2.75) is 12.8 Å². The summed E-state index contributed by atoms with van der Waals surface area (Å²) in [5.41, 5.74) is 3.65. The van der Waals surface area contributed by atoms with Crippen molar-refractivity contribution < 1.29 is 56.0 Å². The molecule has 6 heterocycles. The van der Waals surface area contributed by atoms with Gasteiger partial charge in [-0.15, -0.1) is 0 Å². The number of fused-ring (bicyclic) bond motifs is 4. The third-order valence-corrected chi connectivity index (χ3v) is 10.6. The monoisotopic (exact) mass is 884 g/mol. The number of methoxy groups -OCH3 is 3. The number of esters is 1. The van der Waals surface area contributed by atoms with Crippen LogP contribution in [0, 0.1) is 11.6 Å². The summed E-state index contributed by atoms with van der Waals surface area (Å²) in [7, 11) is 4.47. The fraction of sp³-hybridized carbons (Fsp3) is 0.191. The van der Waals surface area contributed by atoms with Crippen LogP contribution >= 0.6 is 0 Å². The molecule has 10 rings (SSSR count). The van der Waals surface area contributed by atoms with Crippen molar-refractivity contribution >= 4 is 57.1 Å². The van der Waals surface area contributed by atoms with Gasteiger partial charge in [0.05, 0.1) is 68.2 Å². The first-order chi connectivity index (χ1) is 31.6. The molecule has 0 unspecified atom stereocenters. The average Bonchev–Trinajstić information content (AvgIpc) is 3.80. The highest BCUT2D eigenvalue weighted by atomic mass is 19.1. The lowest BCUT2D eigenvalue weighted by Gasteiger charge is -2.24. The SMILES string of the molecule is COC(=O)c1cc(N2CCCOc3ccc(OC)cc32)ncc1-c1nc2ccc(F)cc2o1.COc1ccc2c(c1)N(c1cc(C(=O)O)c(-c3nc4ccc(F)cc4o3)cn1)CCCO2. The number of ether oxygens (including phenoxy) is 5. The molecule has 1 N–H and O–H groups in total. The smallest absolute Gasteiger partial charge is 0.338 e. The first-order valence-electron chi connectivity index (χ1n) is 20.2. The lowest BCUT2D eigenvalue weighted by molar-refractivity contribution is 0.0600. The van der Waals surface area contributed by atoms with Gasteiger partial charge in [0.25, 0.3) is 0 Å². The van der Waals surface area contributed by atoms with Crippen LogP contribution in [0.4, 0.5) is 31.8 Å². The number of aromatic nitrogens is 4. The fourth-order valence-corrected chi connectivity index (χ4v) is 7.45. The third-order valence-electron chi connectivity index (χ3n) is 10.6. The number of carboxylic acid groups (broad SMARTS) is 1. The fourth-order valence-electron chi connectivity index (χ4n) is 7.45. The molecule has 4 aromatic carbocycles. The summed E-state index contributed by atoms with van der Waals surface area (Å²) in [5.74, 6) is 1.21. The maximum absolute atomic E-state index is 13.6. The molecule has 0 atom stereocenters. The Labute approximate surface area is 368 Å². The zero-order valence-corrected chi connectivity index (χ0v) is 35.0.